The van der Waals surface area contributed by atoms with Gasteiger partial charge in [0.25, 0.3) is 5.56 Å². The molecule has 0 aliphatic rings. The van der Waals surface area contributed by atoms with Gasteiger partial charge in [0.1, 0.15) is 0 Å². The fraction of sp³-hybridized carbons (Fsp3) is 0.714. The Morgan fingerprint density at radius 3 is 2.67 bits per heavy atom. The SMILES string of the molecule is CCCCCC(C)Nc1nccn(C(C)C)c1=O. The molecule has 0 fully saturated rings. The van der Waals surface area contributed by atoms with Crippen LogP contribution < -0.4 is 10.9 Å². The molecule has 0 aliphatic carbocycles. The summed E-state index contributed by atoms with van der Waals surface area (Å²) >= 11 is 0. The van der Waals surface area contributed by atoms with Gasteiger partial charge >= 0.3 is 0 Å². The molecule has 4 heteroatoms. The number of aromatic nitrogens is 2. The Kier molecular flexibility index (Phi) is 5.89. The molecular weight excluding hydrogens is 226 g/mol. The van der Waals surface area contributed by atoms with Gasteiger partial charge in [0.2, 0.25) is 0 Å². The summed E-state index contributed by atoms with van der Waals surface area (Å²) in [6.45, 7) is 8.29. The molecule has 0 saturated heterocycles. The lowest BCUT2D eigenvalue weighted by atomic mass is 10.1. The molecule has 0 spiro atoms. The maximum absolute atomic E-state index is 12.1. The largest absolute Gasteiger partial charge is 0.363 e. The van der Waals surface area contributed by atoms with Gasteiger partial charge in [0.05, 0.1) is 0 Å². The third kappa shape index (κ3) is 4.17. The minimum absolute atomic E-state index is 0.0326. The lowest BCUT2D eigenvalue weighted by Gasteiger charge is -2.16. The van der Waals surface area contributed by atoms with E-state index in [2.05, 4.69) is 24.1 Å². The van der Waals surface area contributed by atoms with Gasteiger partial charge in [0, 0.05) is 24.5 Å². The zero-order chi connectivity index (χ0) is 13.5. The van der Waals surface area contributed by atoms with Gasteiger partial charge in [-0.2, -0.15) is 0 Å². The fourth-order valence-corrected chi connectivity index (χ4v) is 1.94. The first-order valence-electron chi connectivity index (χ1n) is 6.90. The van der Waals surface area contributed by atoms with Crippen LogP contribution in [0.15, 0.2) is 17.2 Å². The molecule has 0 radical (unpaired) electrons. The molecule has 0 aromatic carbocycles. The third-order valence-electron chi connectivity index (χ3n) is 3.05. The summed E-state index contributed by atoms with van der Waals surface area (Å²) < 4.78 is 1.70. The Labute approximate surface area is 109 Å². The molecule has 4 nitrogen and oxygen atoms in total. The van der Waals surface area contributed by atoms with Gasteiger partial charge in [-0.05, 0) is 27.2 Å². The lowest BCUT2D eigenvalue weighted by molar-refractivity contribution is 0.570. The highest BCUT2D eigenvalue weighted by molar-refractivity contribution is 5.32. The summed E-state index contributed by atoms with van der Waals surface area (Å²) in [4.78, 5) is 16.3. The van der Waals surface area contributed by atoms with Crippen LogP contribution in [-0.4, -0.2) is 15.6 Å². The number of nitrogens with zero attached hydrogens (tertiary/aromatic N) is 2. The van der Waals surface area contributed by atoms with E-state index in [9.17, 15) is 4.79 Å². The predicted octanol–water partition coefficient (Wildman–Crippen LogP) is 3.20. The summed E-state index contributed by atoms with van der Waals surface area (Å²) in [5.74, 6) is 0.468. The van der Waals surface area contributed by atoms with E-state index in [0.29, 0.717) is 11.9 Å². The van der Waals surface area contributed by atoms with E-state index in [0.717, 1.165) is 6.42 Å². The lowest BCUT2D eigenvalue weighted by Crippen LogP contribution is -2.28. The molecule has 18 heavy (non-hydrogen) atoms. The molecule has 0 saturated carbocycles. The van der Waals surface area contributed by atoms with Crippen molar-refractivity contribution >= 4 is 5.82 Å². The second-order valence-electron chi connectivity index (χ2n) is 5.12. The van der Waals surface area contributed by atoms with Gasteiger partial charge in [-0.1, -0.05) is 26.2 Å². The van der Waals surface area contributed by atoms with Crippen LogP contribution in [0.5, 0.6) is 0 Å². The Balaban J connectivity index is 2.67. The highest BCUT2D eigenvalue weighted by Gasteiger charge is 2.09. The van der Waals surface area contributed by atoms with Crippen molar-refractivity contribution in [1.29, 1.82) is 0 Å². The van der Waals surface area contributed by atoms with Crippen molar-refractivity contribution in [2.24, 2.45) is 0 Å². The van der Waals surface area contributed by atoms with Gasteiger partial charge in [0.15, 0.2) is 5.82 Å². The van der Waals surface area contributed by atoms with Gasteiger partial charge < -0.3 is 9.88 Å². The Bertz CT molecular complexity index is 412. The second-order valence-corrected chi connectivity index (χ2v) is 5.12. The number of nitrogens with one attached hydrogen (secondary N) is 1. The zero-order valence-electron chi connectivity index (χ0n) is 11.9. The Morgan fingerprint density at radius 2 is 2.06 bits per heavy atom. The maximum atomic E-state index is 12.1. The Morgan fingerprint density at radius 1 is 1.33 bits per heavy atom. The van der Waals surface area contributed by atoms with Crippen molar-refractivity contribution in [3.05, 3.63) is 22.7 Å². The van der Waals surface area contributed by atoms with Crippen molar-refractivity contribution < 1.29 is 0 Å². The van der Waals surface area contributed by atoms with Crippen LogP contribution in [0.25, 0.3) is 0 Å². The molecule has 1 atom stereocenters. The van der Waals surface area contributed by atoms with Crippen molar-refractivity contribution in [1.82, 2.24) is 9.55 Å². The highest BCUT2D eigenvalue weighted by Crippen LogP contribution is 2.07. The summed E-state index contributed by atoms with van der Waals surface area (Å²) in [7, 11) is 0. The molecular formula is C14H25N3O. The van der Waals surface area contributed by atoms with Gasteiger partial charge in [-0.15, -0.1) is 0 Å². The molecule has 1 rings (SSSR count). The molecule has 1 aromatic rings. The van der Waals surface area contributed by atoms with Crippen molar-refractivity contribution in [2.45, 2.75) is 65.5 Å². The maximum Gasteiger partial charge on any atom is 0.293 e. The van der Waals surface area contributed by atoms with E-state index in [1.165, 1.54) is 19.3 Å². The predicted molar refractivity (Wildman–Crippen MR) is 76.1 cm³/mol. The van der Waals surface area contributed by atoms with Crippen LogP contribution in [-0.2, 0) is 0 Å². The van der Waals surface area contributed by atoms with E-state index in [1.807, 2.05) is 13.8 Å². The first-order valence-corrected chi connectivity index (χ1v) is 6.90. The normalized spacial score (nSPS) is 12.7. The zero-order valence-corrected chi connectivity index (χ0v) is 11.9. The molecule has 1 N–H and O–H groups in total. The molecule has 1 aromatic heterocycles. The quantitative estimate of drug-likeness (QED) is 0.757. The molecule has 0 aliphatic heterocycles. The number of anilines is 1. The van der Waals surface area contributed by atoms with Crippen LogP contribution in [0.1, 0.15) is 59.4 Å². The second kappa shape index (κ2) is 7.19. The van der Waals surface area contributed by atoms with E-state index in [-0.39, 0.29) is 11.6 Å². The first-order chi connectivity index (χ1) is 8.56. The monoisotopic (exact) mass is 251 g/mol. The van der Waals surface area contributed by atoms with Crippen molar-refractivity contribution in [2.75, 3.05) is 5.32 Å². The average Bonchev–Trinajstić information content (AvgIpc) is 2.32. The van der Waals surface area contributed by atoms with Crippen molar-refractivity contribution in [3.8, 4) is 0 Å². The van der Waals surface area contributed by atoms with Crippen LogP contribution in [0.3, 0.4) is 0 Å². The number of hydrogen-bond acceptors (Lipinski definition) is 3. The smallest absolute Gasteiger partial charge is 0.293 e. The minimum Gasteiger partial charge on any atom is -0.363 e. The molecule has 102 valence electrons. The average molecular weight is 251 g/mol. The number of unbranched alkanes of at least 4 members (excludes halogenated alkanes) is 2. The van der Waals surface area contributed by atoms with Gasteiger partial charge in [-0.25, -0.2) is 4.98 Å². The minimum atomic E-state index is -0.0326. The summed E-state index contributed by atoms with van der Waals surface area (Å²) in [5.41, 5.74) is -0.0326. The van der Waals surface area contributed by atoms with Crippen LogP contribution in [0.2, 0.25) is 0 Å². The first kappa shape index (κ1) is 14.7. The Hall–Kier alpha value is -1.32. The fourth-order valence-electron chi connectivity index (χ4n) is 1.94. The number of hydrogen-bond donors (Lipinski definition) is 1. The molecule has 1 unspecified atom stereocenters. The van der Waals surface area contributed by atoms with E-state index in [4.69, 9.17) is 0 Å². The highest BCUT2D eigenvalue weighted by atomic mass is 16.1. The van der Waals surface area contributed by atoms with E-state index in [1.54, 1.807) is 17.0 Å². The van der Waals surface area contributed by atoms with Crippen LogP contribution >= 0.6 is 0 Å². The summed E-state index contributed by atoms with van der Waals surface area (Å²) in [6, 6.07) is 0.455. The summed E-state index contributed by atoms with van der Waals surface area (Å²) in [6.07, 6.45) is 8.14. The molecule has 0 amide bonds. The van der Waals surface area contributed by atoms with E-state index >= 15 is 0 Å². The standard InChI is InChI=1S/C14H25N3O/c1-5-6-7-8-12(4)16-13-14(18)17(11(2)3)10-9-15-13/h9-12H,5-8H2,1-4H3,(H,15,16). The van der Waals surface area contributed by atoms with Gasteiger partial charge in [-0.3, -0.25) is 4.79 Å². The van der Waals surface area contributed by atoms with Crippen molar-refractivity contribution in [3.63, 3.8) is 0 Å². The molecule has 1 heterocycles. The molecule has 0 bridgehead atoms. The van der Waals surface area contributed by atoms with E-state index < -0.39 is 0 Å². The topological polar surface area (TPSA) is 46.9 Å². The third-order valence-corrected chi connectivity index (χ3v) is 3.05. The van der Waals surface area contributed by atoms with Crippen LogP contribution in [0.4, 0.5) is 5.82 Å². The van der Waals surface area contributed by atoms with Crippen LogP contribution in [0, 0.1) is 0 Å². The summed E-state index contributed by atoms with van der Waals surface area (Å²) in [5, 5.41) is 3.22. The number of rotatable bonds is 7.